The number of azide groups is 1. The van der Waals surface area contributed by atoms with Gasteiger partial charge in [-0.2, -0.15) is 0 Å². The average Bonchev–Trinajstić information content (AvgIpc) is 2.40. The largest absolute Gasteiger partial charge is 0.508 e. The third-order valence-electron chi connectivity index (χ3n) is 2.41. The minimum atomic E-state index is 0.255. The van der Waals surface area contributed by atoms with Crippen LogP contribution in [0.25, 0.3) is 22.6 Å². The summed E-state index contributed by atoms with van der Waals surface area (Å²) in [6.07, 6.45) is 3.90. The molecule has 0 unspecified atom stereocenters. The molecule has 0 fully saturated rings. The Bertz CT molecular complexity index is 594. The SMILES string of the molecule is [N-]=[N+]=Nc1ccc(/C=C/c2ccc(O)cc2)cc1. The molecule has 4 heteroatoms. The van der Waals surface area contributed by atoms with Gasteiger partial charge in [0, 0.05) is 10.6 Å². The van der Waals surface area contributed by atoms with Crippen LogP contribution in [0.3, 0.4) is 0 Å². The Morgan fingerprint density at radius 2 is 1.39 bits per heavy atom. The predicted octanol–water partition coefficient (Wildman–Crippen LogP) is 4.50. The zero-order valence-electron chi connectivity index (χ0n) is 9.56. The first kappa shape index (κ1) is 11.8. The van der Waals surface area contributed by atoms with Gasteiger partial charge in [0.2, 0.25) is 0 Å². The van der Waals surface area contributed by atoms with Crippen molar-refractivity contribution in [2.75, 3.05) is 0 Å². The summed E-state index contributed by atoms with van der Waals surface area (Å²) in [4.78, 5) is 2.72. The molecule has 0 bridgehead atoms. The second-order valence-corrected chi connectivity index (χ2v) is 3.71. The van der Waals surface area contributed by atoms with Gasteiger partial charge in [-0.25, -0.2) is 0 Å². The van der Waals surface area contributed by atoms with Crippen molar-refractivity contribution in [3.8, 4) is 5.75 Å². The van der Waals surface area contributed by atoms with Crippen LogP contribution in [0.1, 0.15) is 11.1 Å². The molecule has 0 amide bonds. The summed E-state index contributed by atoms with van der Waals surface area (Å²) in [5.41, 5.74) is 10.9. The number of rotatable bonds is 3. The van der Waals surface area contributed by atoms with Crippen LogP contribution in [0.2, 0.25) is 0 Å². The standard InChI is InChI=1S/C14H11N3O/c15-17-16-13-7-3-11(4-8-13)1-2-12-5-9-14(18)10-6-12/h1-10,18H/b2-1+. The van der Waals surface area contributed by atoms with Gasteiger partial charge in [-0.1, -0.05) is 53.7 Å². The number of nitrogens with zero attached hydrogens (tertiary/aromatic N) is 3. The monoisotopic (exact) mass is 237 g/mol. The fraction of sp³-hybridized carbons (Fsp3) is 0. The smallest absolute Gasteiger partial charge is 0.115 e. The van der Waals surface area contributed by atoms with Crippen molar-refractivity contribution in [1.82, 2.24) is 0 Å². The molecule has 0 saturated carbocycles. The van der Waals surface area contributed by atoms with Gasteiger partial charge >= 0.3 is 0 Å². The normalized spacial score (nSPS) is 10.2. The second kappa shape index (κ2) is 5.57. The molecule has 0 heterocycles. The topological polar surface area (TPSA) is 69.0 Å². The number of hydrogen-bond acceptors (Lipinski definition) is 2. The summed E-state index contributed by atoms with van der Waals surface area (Å²) in [6, 6.07) is 14.2. The molecule has 1 N–H and O–H groups in total. The second-order valence-electron chi connectivity index (χ2n) is 3.71. The predicted molar refractivity (Wildman–Crippen MR) is 72.3 cm³/mol. The summed E-state index contributed by atoms with van der Waals surface area (Å²) in [5.74, 6) is 0.255. The van der Waals surface area contributed by atoms with Crippen molar-refractivity contribution in [2.24, 2.45) is 5.11 Å². The van der Waals surface area contributed by atoms with E-state index in [1.54, 1.807) is 24.3 Å². The van der Waals surface area contributed by atoms with Crippen molar-refractivity contribution in [3.05, 3.63) is 70.1 Å². The van der Waals surface area contributed by atoms with Crippen molar-refractivity contribution in [1.29, 1.82) is 0 Å². The van der Waals surface area contributed by atoms with E-state index in [-0.39, 0.29) is 5.75 Å². The highest BCUT2D eigenvalue weighted by Crippen LogP contribution is 2.16. The summed E-state index contributed by atoms with van der Waals surface area (Å²) in [6.45, 7) is 0. The summed E-state index contributed by atoms with van der Waals surface area (Å²) in [7, 11) is 0. The van der Waals surface area contributed by atoms with Crippen molar-refractivity contribution in [3.63, 3.8) is 0 Å². The maximum atomic E-state index is 9.16. The van der Waals surface area contributed by atoms with Gasteiger partial charge in [0.1, 0.15) is 5.75 Å². The van der Waals surface area contributed by atoms with Crippen LogP contribution in [-0.2, 0) is 0 Å². The van der Waals surface area contributed by atoms with Gasteiger partial charge in [0.15, 0.2) is 0 Å². The van der Waals surface area contributed by atoms with Crippen LogP contribution < -0.4 is 0 Å². The lowest BCUT2D eigenvalue weighted by Crippen LogP contribution is -1.72. The Morgan fingerprint density at radius 3 is 1.89 bits per heavy atom. The Morgan fingerprint density at radius 1 is 0.889 bits per heavy atom. The lowest BCUT2D eigenvalue weighted by molar-refractivity contribution is 0.475. The highest BCUT2D eigenvalue weighted by Gasteiger charge is 1.90. The molecule has 0 saturated heterocycles. The Balaban J connectivity index is 2.13. The van der Waals surface area contributed by atoms with Crippen molar-refractivity contribution in [2.45, 2.75) is 0 Å². The quantitative estimate of drug-likeness (QED) is 0.363. The highest BCUT2D eigenvalue weighted by atomic mass is 16.3. The van der Waals surface area contributed by atoms with Gasteiger partial charge in [-0.3, -0.25) is 0 Å². The summed E-state index contributed by atoms with van der Waals surface area (Å²) in [5, 5.41) is 12.7. The van der Waals surface area contributed by atoms with Crippen LogP contribution >= 0.6 is 0 Å². The van der Waals surface area contributed by atoms with Gasteiger partial charge in [-0.05, 0) is 28.8 Å². The Labute approximate surface area is 104 Å². The molecule has 2 aromatic rings. The van der Waals surface area contributed by atoms with E-state index in [9.17, 15) is 0 Å². The third kappa shape index (κ3) is 3.14. The number of phenolic OH excluding ortho intramolecular Hbond substituents is 1. The molecule has 2 aromatic carbocycles. The first-order valence-corrected chi connectivity index (χ1v) is 5.40. The number of hydrogen-bond donors (Lipinski definition) is 1. The van der Waals surface area contributed by atoms with Gasteiger partial charge in [0.25, 0.3) is 0 Å². The molecule has 2 rings (SSSR count). The molecule has 0 spiro atoms. The summed E-state index contributed by atoms with van der Waals surface area (Å²) >= 11 is 0. The Hall–Kier alpha value is -2.71. The van der Waals surface area contributed by atoms with E-state index in [4.69, 9.17) is 10.6 Å². The molecule has 0 aromatic heterocycles. The highest BCUT2D eigenvalue weighted by molar-refractivity contribution is 5.70. The third-order valence-corrected chi connectivity index (χ3v) is 2.41. The lowest BCUT2D eigenvalue weighted by Gasteiger charge is -1.96. The van der Waals surface area contributed by atoms with Gasteiger partial charge in [0.05, 0.1) is 0 Å². The van der Waals surface area contributed by atoms with E-state index in [0.29, 0.717) is 5.69 Å². The average molecular weight is 237 g/mol. The van der Waals surface area contributed by atoms with Crippen LogP contribution in [0.5, 0.6) is 5.75 Å². The van der Waals surface area contributed by atoms with E-state index in [2.05, 4.69) is 10.0 Å². The first-order chi connectivity index (χ1) is 8.78. The maximum absolute atomic E-state index is 9.16. The van der Waals surface area contributed by atoms with E-state index in [1.807, 2.05) is 36.4 Å². The van der Waals surface area contributed by atoms with Crippen LogP contribution in [0.4, 0.5) is 5.69 Å². The van der Waals surface area contributed by atoms with Crippen molar-refractivity contribution >= 4 is 17.8 Å². The molecule has 0 aliphatic carbocycles. The van der Waals surface area contributed by atoms with E-state index in [1.165, 1.54) is 0 Å². The van der Waals surface area contributed by atoms with Gasteiger partial charge in [-0.15, -0.1) is 0 Å². The van der Waals surface area contributed by atoms with E-state index in [0.717, 1.165) is 11.1 Å². The van der Waals surface area contributed by atoms with E-state index >= 15 is 0 Å². The molecular formula is C14H11N3O. The minimum Gasteiger partial charge on any atom is -0.508 e. The maximum Gasteiger partial charge on any atom is 0.115 e. The van der Waals surface area contributed by atoms with Crippen LogP contribution in [-0.4, -0.2) is 5.11 Å². The molecule has 88 valence electrons. The zero-order valence-corrected chi connectivity index (χ0v) is 9.56. The molecule has 18 heavy (non-hydrogen) atoms. The Kier molecular flexibility index (Phi) is 3.64. The molecular weight excluding hydrogens is 226 g/mol. The number of aromatic hydroxyl groups is 1. The van der Waals surface area contributed by atoms with Crippen molar-refractivity contribution < 1.29 is 5.11 Å². The zero-order chi connectivity index (χ0) is 12.8. The molecule has 0 radical (unpaired) electrons. The molecule has 0 aliphatic rings. The van der Waals surface area contributed by atoms with E-state index < -0.39 is 0 Å². The fourth-order valence-electron chi connectivity index (χ4n) is 1.48. The molecule has 0 aliphatic heterocycles. The minimum absolute atomic E-state index is 0.255. The van der Waals surface area contributed by atoms with Crippen LogP contribution in [0.15, 0.2) is 53.6 Å². The number of phenols is 1. The molecule has 4 nitrogen and oxygen atoms in total. The lowest BCUT2D eigenvalue weighted by atomic mass is 10.1. The van der Waals surface area contributed by atoms with Crippen LogP contribution in [0, 0.1) is 0 Å². The van der Waals surface area contributed by atoms with Gasteiger partial charge < -0.3 is 5.11 Å². The summed E-state index contributed by atoms with van der Waals surface area (Å²) < 4.78 is 0. The fourth-order valence-corrected chi connectivity index (χ4v) is 1.48. The molecule has 0 atom stereocenters. The number of benzene rings is 2. The first-order valence-electron chi connectivity index (χ1n) is 5.40.